The van der Waals surface area contributed by atoms with Crippen molar-refractivity contribution in [2.24, 2.45) is 0 Å². The molecule has 0 heterocycles. The van der Waals surface area contributed by atoms with E-state index in [1.807, 2.05) is 18.2 Å². The van der Waals surface area contributed by atoms with Gasteiger partial charge in [0.15, 0.2) is 0 Å². The van der Waals surface area contributed by atoms with Gasteiger partial charge >= 0.3 is 0 Å². The van der Waals surface area contributed by atoms with Crippen molar-refractivity contribution in [2.75, 3.05) is 7.11 Å². The minimum Gasteiger partial charge on any atom is -0.497 e. The van der Waals surface area contributed by atoms with Gasteiger partial charge in [0.1, 0.15) is 5.75 Å². The highest BCUT2D eigenvalue weighted by Gasteiger charge is 1.98. The maximum Gasteiger partial charge on any atom is 0.120 e. The second-order valence-electron chi connectivity index (χ2n) is 3.25. The van der Waals surface area contributed by atoms with Gasteiger partial charge in [0.25, 0.3) is 0 Å². The van der Waals surface area contributed by atoms with E-state index >= 15 is 0 Å². The van der Waals surface area contributed by atoms with Crippen LogP contribution >= 0.6 is 11.6 Å². The first-order valence-electron chi connectivity index (χ1n) is 5.10. The number of unbranched alkanes of at least 4 members (excludes halogenated alkanes) is 2. The molecule has 2 heteroatoms. The highest BCUT2D eigenvalue weighted by Crippen LogP contribution is 2.20. The van der Waals surface area contributed by atoms with Crippen LogP contribution in [0.1, 0.15) is 31.7 Å². The summed E-state index contributed by atoms with van der Waals surface area (Å²) in [5, 5.41) is 0.680. The van der Waals surface area contributed by atoms with Crippen LogP contribution < -0.4 is 4.74 Å². The lowest BCUT2D eigenvalue weighted by atomic mass is 10.2. The molecule has 15 heavy (non-hydrogen) atoms. The topological polar surface area (TPSA) is 9.23 Å². The summed E-state index contributed by atoms with van der Waals surface area (Å²) in [4.78, 5) is 0. The van der Waals surface area contributed by atoms with E-state index in [0.717, 1.165) is 24.2 Å². The van der Waals surface area contributed by atoms with E-state index in [1.54, 1.807) is 7.11 Å². The zero-order valence-electron chi connectivity index (χ0n) is 9.14. The maximum absolute atomic E-state index is 6.01. The average molecular weight is 223 g/mol. The molecule has 1 nitrogen and oxygen atoms in total. The van der Waals surface area contributed by atoms with E-state index in [1.165, 1.54) is 6.42 Å². The van der Waals surface area contributed by atoms with E-state index in [9.17, 15) is 0 Å². The molecule has 0 saturated heterocycles. The number of halogens is 1. The van der Waals surface area contributed by atoms with Crippen LogP contribution in [0.3, 0.4) is 0 Å². The molecule has 0 fully saturated rings. The molecule has 0 bridgehead atoms. The first kappa shape index (κ1) is 11.9. The van der Waals surface area contributed by atoms with Gasteiger partial charge < -0.3 is 4.74 Å². The Balaban J connectivity index is 2.77. The largest absolute Gasteiger partial charge is 0.497 e. The number of hydrogen-bond acceptors (Lipinski definition) is 1. The fourth-order valence-corrected chi connectivity index (χ4v) is 1.31. The van der Waals surface area contributed by atoms with Crippen molar-refractivity contribution in [3.05, 3.63) is 28.8 Å². The molecule has 0 amide bonds. The van der Waals surface area contributed by atoms with E-state index in [-0.39, 0.29) is 0 Å². The molecule has 1 aromatic rings. The number of hydrogen-bond donors (Lipinski definition) is 0. The standard InChI is InChI=1S/C13H15ClO/c1-3-4-5-6-7-11-10-12(15-2)8-9-13(11)14/h8-10H,3-5H2,1-2H3. The Bertz CT molecular complexity index is 374. The van der Waals surface area contributed by atoms with Crippen molar-refractivity contribution in [3.63, 3.8) is 0 Å². The van der Waals surface area contributed by atoms with Crippen molar-refractivity contribution >= 4 is 11.6 Å². The monoisotopic (exact) mass is 222 g/mol. The van der Waals surface area contributed by atoms with Gasteiger partial charge in [-0.25, -0.2) is 0 Å². The second-order valence-corrected chi connectivity index (χ2v) is 3.66. The molecule has 0 saturated carbocycles. The zero-order valence-corrected chi connectivity index (χ0v) is 9.90. The average Bonchev–Trinajstić information content (AvgIpc) is 2.26. The third kappa shape index (κ3) is 3.85. The quantitative estimate of drug-likeness (QED) is 0.557. The van der Waals surface area contributed by atoms with Crippen LogP contribution in [0.25, 0.3) is 0 Å². The molecule has 1 aromatic carbocycles. The van der Waals surface area contributed by atoms with Crippen LogP contribution in [0.2, 0.25) is 5.02 Å². The van der Waals surface area contributed by atoms with Crippen molar-refractivity contribution in [1.29, 1.82) is 0 Å². The highest BCUT2D eigenvalue weighted by molar-refractivity contribution is 6.31. The number of rotatable bonds is 3. The van der Waals surface area contributed by atoms with Gasteiger partial charge in [0.05, 0.1) is 12.1 Å². The first-order chi connectivity index (χ1) is 7.27. The summed E-state index contributed by atoms with van der Waals surface area (Å²) >= 11 is 6.01. The SMILES string of the molecule is CCCCC#Cc1cc(OC)ccc1Cl. The van der Waals surface area contributed by atoms with Gasteiger partial charge in [-0.05, 0) is 24.6 Å². The maximum atomic E-state index is 6.01. The molecular formula is C13H15ClO. The summed E-state index contributed by atoms with van der Waals surface area (Å²) < 4.78 is 5.11. The molecule has 0 aromatic heterocycles. The van der Waals surface area contributed by atoms with Gasteiger partial charge in [-0.2, -0.15) is 0 Å². The molecule has 80 valence electrons. The fraction of sp³-hybridized carbons (Fsp3) is 0.385. The Hall–Kier alpha value is -1.13. The van der Waals surface area contributed by atoms with E-state index in [2.05, 4.69) is 18.8 Å². The van der Waals surface area contributed by atoms with Crippen LogP contribution in [-0.4, -0.2) is 7.11 Å². The molecule has 0 radical (unpaired) electrons. The van der Waals surface area contributed by atoms with Crippen LogP contribution in [0, 0.1) is 11.8 Å². The Labute approximate surface area is 96.4 Å². The lowest BCUT2D eigenvalue weighted by Gasteiger charge is -2.01. The van der Waals surface area contributed by atoms with E-state index < -0.39 is 0 Å². The summed E-state index contributed by atoms with van der Waals surface area (Å²) in [5.41, 5.74) is 0.840. The van der Waals surface area contributed by atoms with Gasteiger partial charge in [-0.1, -0.05) is 36.8 Å². The Morgan fingerprint density at radius 3 is 2.87 bits per heavy atom. The summed E-state index contributed by atoms with van der Waals surface area (Å²) in [6.07, 6.45) is 3.22. The summed E-state index contributed by atoms with van der Waals surface area (Å²) in [6.45, 7) is 2.15. The third-order valence-corrected chi connectivity index (χ3v) is 2.38. The molecule has 0 spiro atoms. The minimum absolute atomic E-state index is 0.680. The lowest BCUT2D eigenvalue weighted by molar-refractivity contribution is 0.414. The van der Waals surface area contributed by atoms with Gasteiger partial charge in [-0.3, -0.25) is 0 Å². The van der Waals surface area contributed by atoms with Gasteiger partial charge in [0, 0.05) is 12.0 Å². The van der Waals surface area contributed by atoms with Crippen LogP contribution in [0.5, 0.6) is 5.75 Å². The first-order valence-corrected chi connectivity index (χ1v) is 5.48. The fourth-order valence-electron chi connectivity index (χ4n) is 1.15. The predicted molar refractivity (Wildman–Crippen MR) is 64.4 cm³/mol. The molecule has 0 N–H and O–H groups in total. The van der Waals surface area contributed by atoms with Gasteiger partial charge in [-0.15, -0.1) is 0 Å². The number of methoxy groups -OCH3 is 1. The number of benzene rings is 1. The second kappa shape index (κ2) is 6.37. The highest BCUT2D eigenvalue weighted by atomic mass is 35.5. The third-order valence-electron chi connectivity index (χ3n) is 2.05. The minimum atomic E-state index is 0.680. The smallest absolute Gasteiger partial charge is 0.120 e. The molecule has 0 atom stereocenters. The van der Waals surface area contributed by atoms with Crippen molar-refractivity contribution < 1.29 is 4.74 Å². The molecule has 0 unspecified atom stereocenters. The summed E-state index contributed by atoms with van der Waals surface area (Å²) in [6, 6.07) is 5.51. The van der Waals surface area contributed by atoms with Crippen molar-refractivity contribution in [2.45, 2.75) is 26.2 Å². The Kier molecular flexibility index (Phi) is 5.07. The van der Waals surface area contributed by atoms with Crippen molar-refractivity contribution in [1.82, 2.24) is 0 Å². The van der Waals surface area contributed by atoms with Crippen LogP contribution in [-0.2, 0) is 0 Å². The number of ether oxygens (including phenoxy) is 1. The van der Waals surface area contributed by atoms with E-state index in [4.69, 9.17) is 16.3 Å². The van der Waals surface area contributed by atoms with Crippen molar-refractivity contribution in [3.8, 4) is 17.6 Å². The molecular weight excluding hydrogens is 208 g/mol. The molecule has 0 aliphatic carbocycles. The predicted octanol–water partition coefficient (Wildman–Crippen LogP) is 3.89. The Morgan fingerprint density at radius 1 is 1.40 bits per heavy atom. The normalized spacial score (nSPS) is 9.27. The molecule has 0 aliphatic heterocycles. The Morgan fingerprint density at radius 2 is 2.20 bits per heavy atom. The lowest BCUT2D eigenvalue weighted by Crippen LogP contribution is -1.84. The summed E-state index contributed by atoms with van der Waals surface area (Å²) in [7, 11) is 1.64. The van der Waals surface area contributed by atoms with Gasteiger partial charge in [0.2, 0.25) is 0 Å². The van der Waals surface area contributed by atoms with Crippen LogP contribution in [0.4, 0.5) is 0 Å². The van der Waals surface area contributed by atoms with E-state index in [0.29, 0.717) is 5.02 Å². The van der Waals surface area contributed by atoms with Crippen LogP contribution in [0.15, 0.2) is 18.2 Å². The molecule has 0 aliphatic rings. The zero-order chi connectivity index (χ0) is 11.1. The summed E-state index contributed by atoms with van der Waals surface area (Å²) in [5.74, 6) is 6.96. The molecule has 1 rings (SSSR count).